The molecule has 2 heterocycles. The molecule has 1 unspecified atom stereocenters. The Hall–Kier alpha value is -2.85. The number of aromatic nitrogens is 5. The largest absolute Gasteiger partial charge is 0.491 e. The summed E-state index contributed by atoms with van der Waals surface area (Å²) in [6.45, 7) is 3.90. The highest BCUT2D eigenvalue weighted by atomic mass is 32.1. The number of carbonyl (C=O) groups is 1. The highest BCUT2D eigenvalue weighted by Crippen LogP contribution is 2.33. The number of aliphatic hydroxyl groups is 1. The zero-order valence-electron chi connectivity index (χ0n) is 14.2. The first-order valence-corrected chi connectivity index (χ1v) is 8.63. The molecule has 10 heteroatoms. The molecule has 0 aliphatic heterocycles. The maximum atomic E-state index is 11.3. The molecule has 1 aromatic carbocycles. The van der Waals surface area contributed by atoms with Gasteiger partial charge in [0.2, 0.25) is 0 Å². The highest BCUT2D eigenvalue weighted by Gasteiger charge is 2.17. The van der Waals surface area contributed by atoms with E-state index in [4.69, 9.17) is 9.84 Å². The number of hydrogen-bond acceptors (Lipinski definition) is 8. The van der Waals surface area contributed by atoms with Gasteiger partial charge in [-0.2, -0.15) is 4.68 Å². The molecule has 0 radical (unpaired) electrons. The molecule has 0 fully saturated rings. The van der Waals surface area contributed by atoms with Crippen LogP contribution in [0.15, 0.2) is 24.5 Å². The number of thiazole rings is 1. The molecule has 0 spiro atoms. The van der Waals surface area contributed by atoms with Gasteiger partial charge in [0.05, 0.1) is 12.3 Å². The molecule has 0 aliphatic rings. The third-order valence-corrected chi connectivity index (χ3v) is 4.82. The zero-order chi connectivity index (χ0) is 18.7. The molecule has 1 atom stereocenters. The van der Waals surface area contributed by atoms with Crippen molar-refractivity contribution in [2.75, 3.05) is 13.2 Å². The van der Waals surface area contributed by atoms with Crippen LogP contribution in [0.25, 0.3) is 16.3 Å². The molecule has 0 saturated heterocycles. The summed E-state index contributed by atoms with van der Waals surface area (Å²) in [5.74, 6) is -0.464. The van der Waals surface area contributed by atoms with Crippen molar-refractivity contribution in [2.45, 2.75) is 13.8 Å². The lowest BCUT2D eigenvalue weighted by molar-refractivity contribution is 0.0701. The number of tetrazole rings is 1. The van der Waals surface area contributed by atoms with Crippen LogP contribution in [0, 0.1) is 12.8 Å². The van der Waals surface area contributed by atoms with E-state index in [-0.39, 0.29) is 17.4 Å². The Balaban J connectivity index is 2.00. The zero-order valence-corrected chi connectivity index (χ0v) is 15.0. The summed E-state index contributed by atoms with van der Waals surface area (Å²) < 4.78 is 7.24. The monoisotopic (exact) mass is 375 g/mol. The van der Waals surface area contributed by atoms with E-state index in [0.29, 0.717) is 28.7 Å². The number of carboxylic acids is 1. The predicted molar refractivity (Wildman–Crippen MR) is 93.7 cm³/mol. The fourth-order valence-electron chi connectivity index (χ4n) is 2.23. The topological polar surface area (TPSA) is 123 Å². The summed E-state index contributed by atoms with van der Waals surface area (Å²) in [6.07, 6.45) is 1.44. The smallest absolute Gasteiger partial charge is 0.347 e. The van der Waals surface area contributed by atoms with Crippen molar-refractivity contribution in [2.24, 2.45) is 5.92 Å². The average molecular weight is 375 g/mol. The van der Waals surface area contributed by atoms with E-state index >= 15 is 0 Å². The van der Waals surface area contributed by atoms with E-state index in [1.54, 1.807) is 25.1 Å². The van der Waals surface area contributed by atoms with Crippen LogP contribution >= 0.6 is 11.3 Å². The maximum Gasteiger partial charge on any atom is 0.347 e. The Kier molecular flexibility index (Phi) is 5.24. The molecule has 0 aliphatic carbocycles. The summed E-state index contributed by atoms with van der Waals surface area (Å²) in [5.41, 5.74) is 1.81. The number of hydrogen-bond donors (Lipinski definition) is 2. The number of aryl methyl sites for hydroxylation is 1. The van der Waals surface area contributed by atoms with Crippen LogP contribution in [0.4, 0.5) is 0 Å². The fourth-order valence-corrected chi connectivity index (χ4v) is 3.13. The van der Waals surface area contributed by atoms with E-state index in [2.05, 4.69) is 20.5 Å². The Bertz CT molecular complexity index is 910. The molecule has 136 valence electrons. The second-order valence-electron chi connectivity index (χ2n) is 5.77. The van der Waals surface area contributed by atoms with Crippen LogP contribution in [-0.2, 0) is 0 Å². The van der Waals surface area contributed by atoms with Gasteiger partial charge in [-0.05, 0) is 35.5 Å². The van der Waals surface area contributed by atoms with Gasteiger partial charge in [-0.3, -0.25) is 0 Å². The fraction of sp³-hybridized carbons (Fsp3) is 0.312. The first-order chi connectivity index (χ1) is 12.5. The summed E-state index contributed by atoms with van der Waals surface area (Å²) in [6, 6.07) is 5.35. The normalized spacial score (nSPS) is 12.1. The molecule has 3 rings (SSSR count). The Morgan fingerprint density at radius 3 is 2.85 bits per heavy atom. The van der Waals surface area contributed by atoms with Crippen molar-refractivity contribution < 1.29 is 19.7 Å². The van der Waals surface area contributed by atoms with Gasteiger partial charge in [0, 0.05) is 18.1 Å². The molecular weight excluding hydrogens is 358 g/mol. The first kappa shape index (κ1) is 18.0. The first-order valence-electron chi connectivity index (χ1n) is 7.81. The van der Waals surface area contributed by atoms with E-state index in [9.17, 15) is 9.90 Å². The number of aromatic carboxylic acids is 1. The molecule has 26 heavy (non-hydrogen) atoms. The molecule has 3 aromatic rings. The van der Waals surface area contributed by atoms with Crippen LogP contribution < -0.4 is 4.74 Å². The lowest BCUT2D eigenvalue weighted by atomic mass is 10.2. The average Bonchev–Trinajstić information content (AvgIpc) is 3.29. The minimum absolute atomic E-state index is 0.0175. The van der Waals surface area contributed by atoms with Crippen molar-refractivity contribution in [3.8, 4) is 22.0 Å². The summed E-state index contributed by atoms with van der Waals surface area (Å²) in [5, 5.41) is 30.1. The maximum absolute atomic E-state index is 11.3. The van der Waals surface area contributed by atoms with Crippen molar-refractivity contribution in [1.82, 2.24) is 25.2 Å². The van der Waals surface area contributed by atoms with Gasteiger partial charge >= 0.3 is 5.97 Å². The summed E-state index contributed by atoms with van der Waals surface area (Å²) in [7, 11) is 0. The van der Waals surface area contributed by atoms with Gasteiger partial charge in [0.1, 0.15) is 27.6 Å². The van der Waals surface area contributed by atoms with Gasteiger partial charge < -0.3 is 14.9 Å². The van der Waals surface area contributed by atoms with E-state index in [0.717, 1.165) is 16.9 Å². The second kappa shape index (κ2) is 7.58. The minimum Gasteiger partial charge on any atom is -0.491 e. The lowest BCUT2D eigenvalue weighted by Crippen LogP contribution is -2.13. The van der Waals surface area contributed by atoms with Crippen LogP contribution in [0.2, 0.25) is 0 Å². The predicted octanol–water partition coefficient (Wildman–Crippen LogP) is 1.80. The molecule has 2 N–H and O–H groups in total. The van der Waals surface area contributed by atoms with Crippen LogP contribution in [0.5, 0.6) is 5.75 Å². The third-order valence-electron chi connectivity index (χ3n) is 3.63. The molecule has 0 bridgehead atoms. The summed E-state index contributed by atoms with van der Waals surface area (Å²) in [4.78, 5) is 15.8. The van der Waals surface area contributed by atoms with E-state index in [1.165, 1.54) is 11.0 Å². The quantitative estimate of drug-likeness (QED) is 0.641. The second-order valence-corrected chi connectivity index (χ2v) is 6.77. The summed E-state index contributed by atoms with van der Waals surface area (Å²) >= 11 is 1.11. The highest BCUT2D eigenvalue weighted by molar-refractivity contribution is 7.17. The number of nitrogens with zero attached hydrogens (tertiary/aromatic N) is 5. The number of aliphatic hydroxyl groups excluding tert-OH is 1. The van der Waals surface area contributed by atoms with Gasteiger partial charge in [0.15, 0.2) is 0 Å². The molecule has 0 saturated carbocycles. The van der Waals surface area contributed by atoms with Crippen molar-refractivity contribution in [3.05, 3.63) is 35.1 Å². The Morgan fingerprint density at radius 2 is 2.23 bits per heavy atom. The minimum atomic E-state index is -0.995. The lowest BCUT2D eigenvalue weighted by Gasteiger charge is -2.14. The van der Waals surface area contributed by atoms with Crippen molar-refractivity contribution in [1.29, 1.82) is 0 Å². The van der Waals surface area contributed by atoms with Gasteiger partial charge in [-0.25, -0.2) is 9.78 Å². The third kappa shape index (κ3) is 3.70. The van der Waals surface area contributed by atoms with Crippen LogP contribution in [0.1, 0.15) is 22.3 Å². The Labute approximate surface area is 152 Å². The van der Waals surface area contributed by atoms with Crippen molar-refractivity contribution >= 4 is 17.3 Å². The molecule has 2 aromatic heterocycles. The van der Waals surface area contributed by atoms with E-state index < -0.39 is 5.97 Å². The Morgan fingerprint density at radius 1 is 1.42 bits per heavy atom. The number of carboxylic acid groups (broad SMARTS) is 1. The van der Waals surface area contributed by atoms with Crippen LogP contribution in [0.3, 0.4) is 0 Å². The van der Waals surface area contributed by atoms with Gasteiger partial charge in [0.25, 0.3) is 0 Å². The van der Waals surface area contributed by atoms with Gasteiger partial charge in [-0.15, -0.1) is 16.4 Å². The number of ether oxygens (including phenoxy) is 1. The van der Waals surface area contributed by atoms with Crippen molar-refractivity contribution in [3.63, 3.8) is 0 Å². The van der Waals surface area contributed by atoms with Crippen LogP contribution in [-0.4, -0.2) is 54.6 Å². The van der Waals surface area contributed by atoms with Gasteiger partial charge in [-0.1, -0.05) is 6.92 Å². The number of benzene rings is 1. The molecule has 9 nitrogen and oxygen atoms in total. The molecular formula is C16H17N5O4S. The molecule has 0 amide bonds. The number of rotatable bonds is 7. The standard InChI is InChI=1S/C16H17N5O4S/c1-9(6-22)7-25-13-4-3-11(5-12(13)21-8-17-19-20-21)15-18-10(2)14(26-15)16(23)24/h3-5,8-9,22H,6-7H2,1-2H3,(H,23,24). The SMILES string of the molecule is Cc1nc(-c2ccc(OCC(C)CO)c(-n3cnnn3)c2)sc1C(=O)O. The van der Waals surface area contributed by atoms with E-state index in [1.807, 2.05) is 6.92 Å².